The van der Waals surface area contributed by atoms with Gasteiger partial charge in [-0.1, -0.05) is 18.2 Å². The summed E-state index contributed by atoms with van der Waals surface area (Å²) in [6, 6.07) is 16.0. The van der Waals surface area contributed by atoms with Crippen LogP contribution in [0.1, 0.15) is 20.7 Å². The second-order valence-electron chi connectivity index (χ2n) is 4.76. The van der Waals surface area contributed by atoms with Crippen molar-refractivity contribution in [3.8, 4) is 0 Å². The standard InChI is InChI=1S/C17H18N2O2S/c1-19(15-5-3-2-4-6-15)17(21)14-9-7-13(8-10-14)16(20)18-11-12-22/h2-10,22H,11-12H2,1H3,(H,18,20). The molecule has 0 fully saturated rings. The predicted octanol–water partition coefficient (Wildman–Crippen LogP) is 2.62. The summed E-state index contributed by atoms with van der Waals surface area (Å²) in [5, 5.41) is 2.74. The van der Waals surface area contributed by atoms with Crippen molar-refractivity contribution in [1.82, 2.24) is 5.32 Å². The summed E-state index contributed by atoms with van der Waals surface area (Å²) < 4.78 is 0. The third kappa shape index (κ3) is 3.89. The highest BCUT2D eigenvalue weighted by Gasteiger charge is 2.14. The molecule has 0 unspecified atom stereocenters. The lowest BCUT2D eigenvalue weighted by Gasteiger charge is -2.17. The second kappa shape index (κ2) is 7.66. The first-order chi connectivity index (χ1) is 10.6. The van der Waals surface area contributed by atoms with Gasteiger partial charge in [-0.2, -0.15) is 12.6 Å². The summed E-state index contributed by atoms with van der Waals surface area (Å²) in [5.41, 5.74) is 1.89. The van der Waals surface area contributed by atoms with E-state index in [0.717, 1.165) is 5.69 Å². The summed E-state index contributed by atoms with van der Waals surface area (Å²) in [5.74, 6) is 0.308. The fourth-order valence-electron chi connectivity index (χ4n) is 2.00. The SMILES string of the molecule is CN(C(=O)c1ccc(C(=O)NCCS)cc1)c1ccccc1. The van der Waals surface area contributed by atoms with Crippen molar-refractivity contribution >= 4 is 30.1 Å². The van der Waals surface area contributed by atoms with E-state index < -0.39 is 0 Å². The highest BCUT2D eigenvalue weighted by Crippen LogP contribution is 2.15. The van der Waals surface area contributed by atoms with Gasteiger partial charge in [-0.25, -0.2) is 0 Å². The molecule has 0 aliphatic rings. The largest absolute Gasteiger partial charge is 0.351 e. The Labute approximate surface area is 135 Å². The molecule has 2 rings (SSSR count). The lowest BCUT2D eigenvalue weighted by atomic mass is 10.1. The minimum absolute atomic E-state index is 0.117. The molecular formula is C17H18N2O2S. The number of hydrogen-bond donors (Lipinski definition) is 2. The quantitative estimate of drug-likeness (QED) is 0.834. The van der Waals surface area contributed by atoms with Crippen LogP contribution < -0.4 is 10.2 Å². The average molecular weight is 314 g/mol. The van der Waals surface area contributed by atoms with E-state index in [9.17, 15) is 9.59 Å². The lowest BCUT2D eigenvalue weighted by Crippen LogP contribution is -2.27. The van der Waals surface area contributed by atoms with Crippen LogP contribution in [0.3, 0.4) is 0 Å². The van der Waals surface area contributed by atoms with E-state index in [1.807, 2.05) is 30.3 Å². The van der Waals surface area contributed by atoms with Gasteiger partial charge in [0.25, 0.3) is 11.8 Å². The normalized spacial score (nSPS) is 10.1. The topological polar surface area (TPSA) is 49.4 Å². The molecule has 0 aliphatic heterocycles. The van der Waals surface area contributed by atoms with E-state index >= 15 is 0 Å². The molecule has 0 spiro atoms. The number of thiol groups is 1. The molecule has 0 saturated carbocycles. The van der Waals surface area contributed by atoms with Gasteiger partial charge in [0.15, 0.2) is 0 Å². The molecule has 1 N–H and O–H groups in total. The Bertz CT molecular complexity index is 641. The predicted molar refractivity (Wildman–Crippen MR) is 91.8 cm³/mol. The molecule has 0 heterocycles. The summed E-state index contributed by atoms with van der Waals surface area (Å²) in [4.78, 5) is 25.8. The number of carbonyl (C=O) groups excluding carboxylic acids is 2. The third-order valence-electron chi connectivity index (χ3n) is 3.24. The van der Waals surface area contributed by atoms with Crippen molar-refractivity contribution in [2.24, 2.45) is 0 Å². The Morgan fingerprint density at radius 1 is 1.00 bits per heavy atom. The second-order valence-corrected chi connectivity index (χ2v) is 5.20. The van der Waals surface area contributed by atoms with E-state index in [0.29, 0.717) is 23.4 Å². The first-order valence-electron chi connectivity index (χ1n) is 6.95. The molecule has 0 saturated heterocycles. The van der Waals surface area contributed by atoms with Crippen molar-refractivity contribution in [2.75, 3.05) is 24.2 Å². The van der Waals surface area contributed by atoms with Crippen LogP contribution in [0.25, 0.3) is 0 Å². The van der Waals surface area contributed by atoms with Crippen molar-refractivity contribution in [3.63, 3.8) is 0 Å². The van der Waals surface area contributed by atoms with Gasteiger partial charge < -0.3 is 10.2 Å². The Hall–Kier alpha value is -2.27. The van der Waals surface area contributed by atoms with Crippen LogP contribution in [0.15, 0.2) is 54.6 Å². The number of rotatable bonds is 5. The Balaban J connectivity index is 2.10. The Morgan fingerprint density at radius 2 is 1.59 bits per heavy atom. The number of nitrogens with zero attached hydrogens (tertiary/aromatic N) is 1. The molecule has 0 radical (unpaired) electrons. The highest BCUT2D eigenvalue weighted by molar-refractivity contribution is 7.80. The van der Waals surface area contributed by atoms with Gasteiger partial charge in [-0.05, 0) is 36.4 Å². The van der Waals surface area contributed by atoms with Crippen LogP contribution in [0.2, 0.25) is 0 Å². The van der Waals surface area contributed by atoms with E-state index in [1.54, 1.807) is 36.2 Å². The van der Waals surface area contributed by atoms with Gasteiger partial charge >= 0.3 is 0 Å². The molecule has 0 aromatic heterocycles. The molecular weight excluding hydrogens is 296 g/mol. The van der Waals surface area contributed by atoms with Gasteiger partial charge in [0.05, 0.1) is 0 Å². The van der Waals surface area contributed by atoms with Gasteiger partial charge in [-0.15, -0.1) is 0 Å². The van der Waals surface area contributed by atoms with Crippen LogP contribution in [0.5, 0.6) is 0 Å². The fourth-order valence-corrected chi connectivity index (χ4v) is 2.11. The number of nitrogens with one attached hydrogen (secondary N) is 1. The maximum atomic E-state index is 12.4. The molecule has 2 aromatic carbocycles. The molecule has 0 atom stereocenters. The number of anilines is 1. The zero-order valence-corrected chi connectivity index (χ0v) is 13.2. The van der Waals surface area contributed by atoms with Crippen LogP contribution in [0.4, 0.5) is 5.69 Å². The van der Waals surface area contributed by atoms with Crippen molar-refractivity contribution < 1.29 is 9.59 Å². The van der Waals surface area contributed by atoms with E-state index in [-0.39, 0.29) is 11.8 Å². The summed E-state index contributed by atoms with van der Waals surface area (Å²) in [6.45, 7) is 0.513. The maximum Gasteiger partial charge on any atom is 0.258 e. The zero-order valence-electron chi connectivity index (χ0n) is 12.3. The number of para-hydroxylation sites is 1. The lowest BCUT2D eigenvalue weighted by molar-refractivity contribution is 0.0953. The van der Waals surface area contributed by atoms with Gasteiger partial charge in [0.1, 0.15) is 0 Å². The maximum absolute atomic E-state index is 12.4. The number of carbonyl (C=O) groups is 2. The summed E-state index contributed by atoms with van der Waals surface area (Å²) in [6.07, 6.45) is 0. The van der Waals surface area contributed by atoms with Gasteiger partial charge in [-0.3, -0.25) is 9.59 Å². The number of benzene rings is 2. The van der Waals surface area contributed by atoms with Crippen LogP contribution in [0, 0.1) is 0 Å². The van der Waals surface area contributed by atoms with Crippen LogP contribution >= 0.6 is 12.6 Å². The van der Waals surface area contributed by atoms with Crippen molar-refractivity contribution in [2.45, 2.75) is 0 Å². The van der Waals surface area contributed by atoms with Gasteiger partial charge in [0, 0.05) is 36.2 Å². The molecule has 0 aliphatic carbocycles. The summed E-state index contributed by atoms with van der Waals surface area (Å²) in [7, 11) is 1.73. The zero-order chi connectivity index (χ0) is 15.9. The molecule has 114 valence electrons. The Morgan fingerprint density at radius 3 is 2.18 bits per heavy atom. The molecule has 4 nitrogen and oxygen atoms in total. The average Bonchev–Trinajstić information content (AvgIpc) is 2.59. The summed E-state index contributed by atoms with van der Waals surface area (Å²) >= 11 is 4.04. The first-order valence-corrected chi connectivity index (χ1v) is 7.59. The van der Waals surface area contributed by atoms with Crippen LogP contribution in [-0.4, -0.2) is 31.2 Å². The van der Waals surface area contributed by atoms with E-state index in [2.05, 4.69) is 17.9 Å². The van der Waals surface area contributed by atoms with Gasteiger partial charge in [0.2, 0.25) is 0 Å². The number of hydrogen-bond acceptors (Lipinski definition) is 3. The highest BCUT2D eigenvalue weighted by atomic mass is 32.1. The van der Waals surface area contributed by atoms with E-state index in [4.69, 9.17) is 0 Å². The fraction of sp³-hybridized carbons (Fsp3) is 0.176. The Kier molecular flexibility index (Phi) is 5.61. The minimum Gasteiger partial charge on any atom is -0.351 e. The minimum atomic E-state index is -0.163. The van der Waals surface area contributed by atoms with Crippen LogP contribution in [-0.2, 0) is 0 Å². The van der Waals surface area contributed by atoms with Crippen molar-refractivity contribution in [1.29, 1.82) is 0 Å². The molecule has 5 heteroatoms. The smallest absolute Gasteiger partial charge is 0.258 e. The molecule has 2 amide bonds. The molecule has 0 bridgehead atoms. The third-order valence-corrected chi connectivity index (χ3v) is 3.46. The molecule has 22 heavy (non-hydrogen) atoms. The number of amides is 2. The monoisotopic (exact) mass is 314 g/mol. The van der Waals surface area contributed by atoms with E-state index in [1.165, 1.54) is 0 Å². The van der Waals surface area contributed by atoms with Crippen molar-refractivity contribution in [3.05, 3.63) is 65.7 Å². The first kappa shape index (κ1) is 16.1. The molecule has 2 aromatic rings.